The van der Waals surface area contributed by atoms with E-state index in [1.165, 1.54) is 6.33 Å². The third-order valence-corrected chi connectivity index (χ3v) is 2.44. The van der Waals surface area contributed by atoms with E-state index in [0.29, 0.717) is 11.0 Å². The van der Waals surface area contributed by atoms with Gasteiger partial charge in [0.25, 0.3) is 5.91 Å². The smallest absolute Gasteiger partial charge is 0.288 e. The van der Waals surface area contributed by atoms with Crippen molar-refractivity contribution >= 4 is 16.9 Å². The zero-order valence-electron chi connectivity index (χ0n) is 9.01. The van der Waals surface area contributed by atoms with Gasteiger partial charge >= 0.3 is 0 Å². The molecule has 0 aliphatic carbocycles. The minimum Gasteiger partial charge on any atom is -0.361 e. The lowest BCUT2D eigenvalue weighted by atomic mass is 10.1. The van der Waals surface area contributed by atoms with Crippen LogP contribution < -0.4 is 0 Å². The van der Waals surface area contributed by atoms with E-state index < -0.39 is 12.2 Å². The van der Waals surface area contributed by atoms with Crippen molar-refractivity contribution in [3.63, 3.8) is 0 Å². The Morgan fingerprint density at radius 2 is 2.06 bits per heavy atom. The number of hydrogen-bond acceptors (Lipinski definition) is 4. The van der Waals surface area contributed by atoms with Gasteiger partial charge in [0, 0.05) is 0 Å². The van der Waals surface area contributed by atoms with Gasteiger partial charge in [-0.2, -0.15) is 0 Å². The topological polar surface area (TPSA) is 75.4 Å². The Hall–Kier alpha value is -1.72. The molecule has 0 radical (unpaired) electrons. The molecular weight excluding hydrogens is 208 g/mol. The van der Waals surface area contributed by atoms with E-state index in [1.54, 1.807) is 6.07 Å². The first-order valence-electron chi connectivity index (χ1n) is 4.85. The normalized spacial score (nSPS) is 11.3. The second kappa shape index (κ2) is 3.70. The molecule has 2 aromatic rings. The lowest BCUT2D eigenvalue weighted by Gasteiger charge is -2.05. The Kier molecular flexibility index (Phi) is 2.49. The average molecular weight is 220 g/mol. The molecule has 0 saturated heterocycles. The average Bonchev–Trinajstić information content (AvgIpc) is 2.60. The fourth-order valence-corrected chi connectivity index (χ4v) is 1.77. The van der Waals surface area contributed by atoms with Gasteiger partial charge in [-0.05, 0) is 31.0 Å². The maximum atomic E-state index is 11.5. The summed E-state index contributed by atoms with van der Waals surface area (Å²) in [6.07, 6.45) is -0.711. The summed E-state index contributed by atoms with van der Waals surface area (Å²) < 4.78 is 1.15. The van der Waals surface area contributed by atoms with Gasteiger partial charge in [-0.1, -0.05) is 6.07 Å². The monoisotopic (exact) mass is 220 g/mol. The lowest BCUT2D eigenvalue weighted by Crippen LogP contribution is -2.25. The number of aliphatic hydroxyl groups excluding tert-OH is 1. The van der Waals surface area contributed by atoms with E-state index in [1.807, 2.05) is 19.9 Å². The van der Waals surface area contributed by atoms with Crippen LogP contribution in [0.25, 0.3) is 11.0 Å². The van der Waals surface area contributed by atoms with Crippen LogP contribution in [0.2, 0.25) is 0 Å². The van der Waals surface area contributed by atoms with Gasteiger partial charge in [-0.3, -0.25) is 9.36 Å². The highest BCUT2D eigenvalue weighted by molar-refractivity contribution is 5.93. The van der Waals surface area contributed by atoms with Crippen molar-refractivity contribution in [3.05, 3.63) is 29.6 Å². The summed E-state index contributed by atoms with van der Waals surface area (Å²) >= 11 is 0. The molecule has 0 fully saturated rings. The zero-order chi connectivity index (χ0) is 11.9. The van der Waals surface area contributed by atoms with Crippen molar-refractivity contribution in [2.45, 2.75) is 20.1 Å². The molecule has 2 N–H and O–H groups in total. The number of aromatic nitrogens is 2. The molecule has 16 heavy (non-hydrogen) atoms. The largest absolute Gasteiger partial charge is 0.361 e. The number of imidazole rings is 1. The quantitative estimate of drug-likeness (QED) is 0.690. The molecular formula is C11H12N2O3. The molecule has 0 aliphatic heterocycles. The van der Waals surface area contributed by atoms with E-state index >= 15 is 0 Å². The standard InChI is InChI=1S/C11H12N2O3/c1-6-3-7(2)9-8(4-6)13(5-12-9)10(14)11(15)16/h3-5,11,15-16H,1-2H3. The summed E-state index contributed by atoms with van der Waals surface area (Å²) in [4.78, 5) is 15.5. The van der Waals surface area contributed by atoms with Crippen LogP contribution in [0.15, 0.2) is 18.5 Å². The van der Waals surface area contributed by atoms with Crippen molar-refractivity contribution < 1.29 is 15.0 Å². The number of benzene rings is 1. The number of carbonyl (C=O) groups excluding carboxylic acids is 1. The summed E-state index contributed by atoms with van der Waals surface area (Å²) in [6, 6.07) is 3.75. The first kappa shape index (κ1) is 10.8. The highest BCUT2D eigenvalue weighted by Crippen LogP contribution is 2.19. The number of rotatable bonds is 1. The molecule has 5 nitrogen and oxygen atoms in total. The van der Waals surface area contributed by atoms with Crippen LogP contribution in [0.1, 0.15) is 15.9 Å². The number of aryl methyl sites for hydroxylation is 2. The van der Waals surface area contributed by atoms with Crippen molar-refractivity contribution in [2.75, 3.05) is 0 Å². The summed E-state index contributed by atoms with van der Waals surface area (Å²) in [6.45, 7) is 3.80. The SMILES string of the molecule is Cc1cc(C)c2ncn(C(=O)C(O)O)c2c1. The second-order valence-corrected chi connectivity index (χ2v) is 3.78. The first-order chi connectivity index (χ1) is 7.50. The van der Waals surface area contributed by atoms with E-state index in [9.17, 15) is 4.79 Å². The van der Waals surface area contributed by atoms with Crippen LogP contribution >= 0.6 is 0 Å². The Bertz CT molecular complexity index is 558. The fraction of sp³-hybridized carbons (Fsp3) is 0.273. The number of carbonyl (C=O) groups is 1. The molecule has 0 atom stereocenters. The molecule has 1 heterocycles. The summed E-state index contributed by atoms with van der Waals surface area (Å²) in [5.74, 6) is -0.799. The maximum Gasteiger partial charge on any atom is 0.288 e. The summed E-state index contributed by atoms with van der Waals surface area (Å²) in [5, 5.41) is 17.7. The molecule has 0 spiro atoms. The van der Waals surface area contributed by atoms with Crippen molar-refractivity contribution in [1.29, 1.82) is 0 Å². The van der Waals surface area contributed by atoms with Crippen LogP contribution in [0.5, 0.6) is 0 Å². The molecule has 5 heteroatoms. The van der Waals surface area contributed by atoms with E-state index in [0.717, 1.165) is 15.7 Å². The number of aliphatic hydroxyl groups is 2. The summed E-state index contributed by atoms with van der Waals surface area (Å²) in [7, 11) is 0. The van der Waals surface area contributed by atoms with E-state index in [-0.39, 0.29) is 0 Å². The highest BCUT2D eigenvalue weighted by Gasteiger charge is 2.17. The van der Waals surface area contributed by atoms with Crippen LogP contribution in [-0.2, 0) is 0 Å². The molecule has 0 bridgehead atoms. The van der Waals surface area contributed by atoms with E-state index in [2.05, 4.69) is 4.98 Å². The van der Waals surface area contributed by atoms with Crippen LogP contribution in [0.3, 0.4) is 0 Å². The molecule has 0 aliphatic rings. The predicted octanol–water partition coefficient (Wildman–Crippen LogP) is 0.604. The van der Waals surface area contributed by atoms with Crippen molar-refractivity contribution in [1.82, 2.24) is 9.55 Å². The van der Waals surface area contributed by atoms with E-state index in [4.69, 9.17) is 10.2 Å². The molecule has 84 valence electrons. The number of hydrogen-bond donors (Lipinski definition) is 2. The highest BCUT2D eigenvalue weighted by atomic mass is 16.5. The Balaban J connectivity index is 2.69. The molecule has 1 aromatic heterocycles. The second-order valence-electron chi connectivity index (χ2n) is 3.78. The lowest BCUT2D eigenvalue weighted by molar-refractivity contribution is -0.0259. The van der Waals surface area contributed by atoms with Crippen molar-refractivity contribution in [3.8, 4) is 0 Å². The number of nitrogens with zero attached hydrogens (tertiary/aromatic N) is 2. The first-order valence-corrected chi connectivity index (χ1v) is 4.85. The fourth-order valence-electron chi connectivity index (χ4n) is 1.77. The van der Waals surface area contributed by atoms with Gasteiger partial charge in [-0.15, -0.1) is 0 Å². The molecule has 0 saturated carbocycles. The van der Waals surface area contributed by atoms with Gasteiger partial charge in [0.1, 0.15) is 6.33 Å². The van der Waals surface area contributed by atoms with Crippen LogP contribution in [0.4, 0.5) is 0 Å². The number of fused-ring (bicyclic) bond motifs is 1. The van der Waals surface area contributed by atoms with Crippen molar-refractivity contribution in [2.24, 2.45) is 0 Å². The van der Waals surface area contributed by atoms with Gasteiger partial charge in [-0.25, -0.2) is 4.98 Å². The zero-order valence-corrected chi connectivity index (χ0v) is 9.01. The Labute approximate surface area is 92.0 Å². The maximum absolute atomic E-state index is 11.5. The Morgan fingerprint density at radius 3 is 2.69 bits per heavy atom. The van der Waals surface area contributed by atoms with Gasteiger partial charge in [0.05, 0.1) is 11.0 Å². The minimum absolute atomic E-state index is 0.593. The van der Waals surface area contributed by atoms with Crippen LogP contribution in [-0.4, -0.2) is 32.0 Å². The third kappa shape index (κ3) is 1.60. The van der Waals surface area contributed by atoms with Crippen LogP contribution in [0, 0.1) is 13.8 Å². The summed E-state index contributed by atoms with van der Waals surface area (Å²) in [5.41, 5.74) is 3.23. The molecule has 1 aromatic carbocycles. The van der Waals surface area contributed by atoms with Gasteiger partial charge < -0.3 is 10.2 Å². The molecule has 2 rings (SSSR count). The predicted molar refractivity (Wildman–Crippen MR) is 58.1 cm³/mol. The minimum atomic E-state index is -2.02. The van der Waals surface area contributed by atoms with Gasteiger partial charge in [0.15, 0.2) is 0 Å². The molecule has 0 amide bonds. The Morgan fingerprint density at radius 1 is 1.38 bits per heavy atom. The third-order valence-electron chi connectivity index (χ3n) is 2.44. The molecule has 0 unspecified atom stereocenters. The van der Waals surface area contributed by atoms with Gasteiger partial charge in [0.2, 0.25) is 6.29 Å².